The second-order valence-electron chi connectivity index (χ2n) is 5.26. The van der Waals surface area contributed by atoms with Crippen molar-refractivity contribution in [2.45, 2.75) is 25.2 Å². The van der Waals surface area contributed by atoms with Crippen LogP contribution in [0.2, 0.25) is 0 Å². The molecule has 0 aliphatic heterocycles. The first kappa shape index (κ1) is 15.3. The van der Waals surface area contributed by atoms with Gasteiger partial charge in [-0.25, -0.2) is 0 Å². The Hall–Kier alpha value is -0.730. The largest absolute Gasteiger partial charge is 0.306 e. The predicted octanol–water partition coefficient (Wildman–Crippen LogP) is 4.40. The lowest BCUT2D eigenvalue weighted by Crippen LogP contribution is -2.10. The lowest BCUT2D eigenvalue weighted by atomic mass is 10.2. The third-order valence-electron chi connectivity index (χ3n) is 2.62. The summed E-state index contributed by atoms with van der Waals surface area (Å²) in [4.78, 5) is 3.53. The molecule has 18 heavy (non-hydrogen) atoms. The maximum Gasteiger partial charge on any atom is 0.0160 e. The number of benzene rings is 1. The predicted molar refractivity (Wildman–Crippen MR) is 84.2 cm³/mol. The first-order valence-electron chi connectivity index (χ1n) is 6.62. The molecule has 0 unspecified atom stereocenters. The van der Waals surface area contributed by atoms with Gasteiger partial charge in [-0.3, -0.25) is 0 Å². The number of likely N-dealkylation sites (N-methyl/N-ethyl adjacent to an activating group) is 1. The summed E-state index contributed by atoms with van der Waals surface area (Å²) in [5.74, 6) is 2.01. The van der Waals surface area contributed by atoms with Gasteiger partial charge in [0.05, 0.1) is 0 Å². The molecule has 0 aliphatic rings. The number of hydrogen-bond donors (Lipinski definition) is 0. The quantitative estimate of drug-likeness (QED) is 0.671. The van der Waals surface area contributed by atoms with Gasteiger partial charge in [-0.1, -0.05) is 38.1 Å². The zero-order valence-electron chi connectivity index (χ0n) is 12.0. The summed E-state index contributed by atoms with van der Waals surface area (Å²) >= 11 is 1.95. The summed E-state index contributed by atoms with van der Waals surface area (Å²) in [6, 6.07) is 8.84. The molecule has 1 aromatic rings. The minimum absolute atomic E-state index is 0.797. The lowest BCUT2D eigenvalue weighted by molar-refractivity contribution is 0.457. The minimum atomic E-state index is 0.797. The average Bonchev–Trinajstić information content (AvgIpc) is 2.30. The van der Waals surface area contributed by atoms with Crippen LogP contribution in [0.25, 0.3) is 6.08 Å². The van der Waals surface area contributed by atoms with Crippen molar-refractivity contribution in [1.82, 2.24) is 4.90 Å². The normalized spacial score (nSPS) is 11.9. The molecule has 0 saturated heterocycles. The average molecular weight is 263 g/mol. The minimum Gasteiger partial charge on any atom is -0.306 e. The molecule has 0 spiro atoms. The Morgan fingerprint density at radius 1 is 1.17 bits per heavy atom. The van der Waals surface area contributed by atoms with Crippen molar-refractivity contribution in [3.63, 3.8) is 0 Å². The highest BCUT2D eigenvalue weighted by Gasteiger charge is 1.97. The van der Waals surface area contributed by atoms with E-state index in [9.17, 15) is 0 Å². The van der Waals surface area contributed by atoms with Crippen LogP contribution < -0.4 is 0 Å². The van der Waals surface area contributed by atoms with Crippen molar-refractivity contribution in [1.29, 1.82) is 0 Å². The van der Waals surface area contributed by atoms with E-state index < -0.39 is 0 Å². The molecule has 0 atom stereocenters. The fraction of sp³-hybridized carbons (Fsp3) is 0.500. The van der Waals surface area contributed by atoms with Gasteiger partial charge in [0, 0.05) is 11.4 Å². The molecule has 0 fully saturated rings. The second-order valence-corrected chi connectivity index (χ2v) is 6.43. The van der Waals surface area contributed by atoms with Crippen molar-refractivity contribution < 1.29 is 0 Å². The zero-order valence-corrected chi connectivity index (χ0v) is 12.8. The van der Waals surface area contributed by atoms with E-state index in [4.69, 9.17) is 0 Å². The van der Waals surface area contributed by atoms with E-state index in [1.54, 1.807) is 0 Å². The Kier molecular flexibility index (Phi) is 7.14. The summed E-state index contributed by atoms with van der Waals surface area (Å²) in [7, 11) is 4.16. The monoisotopic (exact) mass is 263 g/mol. The molecule has 1 aromatic carbocycles. The molecule has 0 amide bonds. The van der Waals surface area contributed by atoms with Crippen LogP contribution in [0.5, 0.6) is 0 Å². The molecule has 0 radical (unpaired) electrons. The molecule has 1 rings (SSSR count). The molecule has 0 N–H and O–H groups in total. The Bertz CT molecular complexity index is 352. The third kappa shape index (κ3) is 6.87. The molecule has 0 bridgehead atoms. The highest BCUT2D eigenvalue weighted by molar-refractivity contribution is 7.99. The number of rotatable bonds is 7. The standard InChI is InChI=1S/C16H25NS/c1-14(2)11-13-18-16-9-7-15(8-10-16)6-5-12-17(3)4/h5-10,14H,11-13H2,1-4H3. The highest BCUT2D eigenvalue weighted by atomic mass is 32.2. The highest BCUT2D eigenvalue weighted by Crippen LogP contribution is 2.21. The second kappa shape index (κ2) is 8.39. The summed E-state index contributed by atoms with van der Waals surface area (Å²) in [5.41, 5.74) is 1.28. The SMILES string of the molecule is CC(C)CCSc1ccc(C=CCN(C)C)cc1. The lowest BCUT2D eigenvalue weighted by Gasteiger charge is -2.05. The fourth-order valence-corrected chi connectivity index (χ4v) is 2.64. The van der Waals surface area contributed by atoms with E-state index in [0.29, 0.717) is 0 Å². The fourth-order valence-electron chi connectivity index (χ4n) is 1.49. The molecular weight excluding hydrogens is 238 g/mol. The topological polar surface area (TPSA) is 3.24 Å². The van der Waals surface area contributed by atoms with Crippen molar-refractivity contribution >= 4 is 17.8 Å². The molecule has 0 heterocycles. The van der Waals surface area contributed by atoms with Crippen LogP contribution in [0.3, 0.4) is 0 Å². The van der Waals surface area contributed by atoms with Gasteiger partial charge >= 0.3 is 0 Å². The Balaban J connectivity index is 2.40. The van der Waals surface area contributed by atoms with Gasteiger partial charge in [0.2, 0.25) is 0 Å². The Morgan fingerprint density at radius 2 is 1.83 bits per heavy atom. The number of thioether (sulfide) groups is 1. The van der Waals surface area contributed by atoms with Crippen LogP contribution in [0.15, 0.2) is 35.2 Å². The smallest absolute Gasteiger partial charge is 0.0160 e. The molecule has 1 nitrogen and oxygen atoms in total. The maximum absolute atomic E-state index is 2.28. The van der Waals surface area contributed by atoms with Gasteiger partial charge in [-0.15, -0.1) is 11.8 Å². The summed E-state index contributed by atoms with van der Waals surface area (Å²) in [6.07, 6.45) is 5.67. The Labute approximate surface area is 116 Å². The maximum atomic E-state index is 2.28. The molecule has 0 saturated carbocycles. The van der Waals surface area contributed by atoms with Crippen LogP contribution in [-0.4, -0.2) is 31.3 Å². The van der Waals surface area contributed by atoms with E-state index in [1.807, 2.05) is 11.8 Å². The number of hydrogen-bond acceptors (Lipinski definition) is 2. The van der Waals surface area contributed by atoms with Crippen LogP contribution in [0.4, 0.5) is 0 Å². The van der Waals surface area contributed by atoms with Crippen molar-refractivity contribution in [3.8, 4) is 0 Å². The van der Waals surface area contributed by atoms with Crippen molar-refractivity contribution in [2.75, 3.05) is 26.4 Å². The van der Waals surface area contributed by atoms with E-state index in [2.05, 4.69) is 69.3 Å². The van der Waals surface area contributed by atoms with Crippen LogP contribution in [-0.2, 0) is 0 Å². The van der Waals surface area contributed by atoms with Gasteiger partial charge in [0.25, 0.3) is 0 Å². The molecule has 100 valence electrons. The summed E-state index contributed by atoms with van der Waals surface area (Å²) < 4.78 is 0. The number of nitrogens with zero attached hydrogens (tertiary/aromatic N) is 1. The van der Waals surface area contributed by atoms with Gasteiger partial charge in [-0.2, -0.15) is 0 Å². The summed E-state index contributed by atoms with van der Waals surface area (Å²) in [6.45, 7) is 5.54. The van der Waals surface area contributed by atoms with Gasteiger partial charge in [0.15, 0.2) is 0 Å². The molecule has 0 aliphatic carbocycles. The molecule has 0 aromatic heterocycles. The first-order chi connectivity index (χ1) is 8.58. The Morgan fingerprint density at radius 3 is 2.39 bits per heavy atom. The van der Waals surface area contributed by atoms with Gasteiger partial charge in [0.1, 0.15) is 0 Å². The van der Waals surface area contributed by atoms with E-state index in [1.165, 1.54) is 22.6 Å². The van der Waals surface area contributed by atoms with E-state index in [-0.39, 0.29) is 0 Å². The molecular formula is C16H25NS. The van der Waals surface area contributed by atoms with Crippen molar-refractivity contribution in [3.05, 3.63) is 35.9 Å². The zero-order chi connectivity index (χ0) is 13.4. The summed E-state index contributed by atoms with van der Waals surface area (Å²) in [5, 5.41) is 0. The third-order valence-corrected chi connectivity index (χ3v) is 3.67. The van der Waals surface area contributed by atoms with Gasteiger partial charge < -0.3 is 4.90 Å². The van der Waals surface area contributed by atoms with Crippen LogP contribution >= 0.6 is 11.8 Å². The first-order valence-corrected chi connectivity index (χ1v) is 7.60. The van der Waals surface area contributed by atoms with Crippen LogP contribution in [0, 0.1) is 5.92 Å². The van der Waals surface area contributed by atoms with Crippen LogP contribution in [0.1, 0.15) is 25.8 Å². The van der Waals surface area contributed by atoms with Crippen molar-refractivity contribution in [2.24, 2.45) is 5.92 Å². The van der Waals surface area contributed by atoms with E-state index in [0.717, 1.165) is 12.5 Å². The van der Waals surface area contributed by atoms with Gasteiger partial charge in [-0.05, 0) is 49.9 Å². The van der Waals surface area contributed by atoms with E-state index >= 15 is 0 Å². The molecule has 2 heteroatoms.